The highest BCUT2D eigenvalue weighted by molar-refractivity contribution is 7.94. The molecule has 96 valence electrons. The van der Waals surface area contributed by atoms with E-state index in [0.29, 0.717) is 4.88 Å². The minimum absolute atomic E-state index is 0.149. The van der Waals surface area contributed by atoms with Crippen LogP contribution in [0.25, 0.3) is 0 Å². The van der Waals surface area contributed by atoms with Gasteiger partial charge in [0.2, 0.25) is 0 Å². The van der Waals surface area contributed by atoms with Crippen LogP contribution in [-0.2, 0) is 17.1 Å². The Hall–Kier alpha value is -1.45. The second-order valence-electron chi connectivity index (χ2n) is 3.46. The van der Waals surface area contributed by atoms with Crippen molar-refractivity contribution in [1.29, 1.82) is 0 Å². The molecule has 0 radical (unpaired) electrons. The van der Waals surface area contributed by atoms with Crippen LogP contribution >= 0.6 is 23.6 Å². The topological polar surface area (TPSA) is 90.0 Å². The van der Waals surface area contributed by atoms with E-state index in [1.54, 1.807) is 25.4 Å². The maximum atomic E-state index is 12.0. The fourth-order valence-electron chi connectivity index (χ4n) is 1.25. The molecule has 0 atom stereocenters. The molecule has 2 aromatic heterocycles. The van der Waals surface area contributed by atoms with Crippen LogP contribution in [0.4, 0.5) is 5.82 Å². The highest BCUT2D eigenvalue weighted by atomic mass is 32.2. The van der Waals surface area contributed by atoms with Crippen LogP contribution in [0, 0.1) is 0 Å². The number of hydrogen-bond acceptors (Lipinski definition) is 5. The van der Waals surface area contributed by atoms with E-state index in [4.69, 9.17) is 18.0 Å². The van der Waals surface area contributed by atoms with Crippen molar-refractivity contribution in [3.05, 3.63) is 29.3 Å². The number of nitrogens with one attached hydrogen (secondary N) is 1. The van der Waals surface area contributed by atoms with E-state index in [2.05, 4.69) is 9.82 Å². The van der Waals surface area contributed by atoms with Gasteiger partial charge in [-0.15, -0.1) is 11.3 Å². The molecule has 0 aromatic carbocycles. The predicted octanol–water partition coefficient (Wildman–Crippen LogP) is 0.917. The van der Waals surface area contributed by atoms with Crippen LogP contribution in [0.2, 0.25) is 0 Å². The standard InChI is InChI=1S/C9H10N4O2S3/c1-13-5-4-7(11-13)12-18(14,15)8-3-2-6(17-8)9(10)16/h2-5H,1H3,(H2,10,16)(H,11,12). The number of thiocarbonyl (C=S) groups is 1. The van der Waals surface area contributed by atoms with Crippen molar-refractivity contribution in [1.82, 2.24) is 9.78 Å². The van der Waals surface area contributed by atoms with Gasteiger partial charge in [-0.25, -0.2) is 8.42 Å². The summed E-state index contributed by atoms with van der Waals surface area (Å²) in [4.78, 5) is 0.741. The van der Waals surface area contributed by atoms with E-state index in [-0.39, 0.29) is 15.0 Å². The van der Waals surface area contributed by atoms with Gasteiger partial charge < -0.3 is 5.73 Å². The molecule has 6 nitrogen and oxygen atoms in total. The van der Waals surface area contributed by atoms with Crippen molar-refractivity contribution < 1.29 is 8.42 Å². The molecular weight excluding hydrogens is 292 g/mol. The average molecular weight is 302 g/mol. The van der Waals surface area contributed by atoms with Crippen LogP contribution < -0.4 is 10.5 Å². The summed E-state index contributed by atoms with van der Waals surface area (Å²) in [5, 5.41) is 3.94. The van der Waals surface area contributed by atoms with Crippen LogP contribution in [0.3, 0.4) is 0 Å². The first-order valence-electron chi connectivity index (χ1n) is 4.80. The minimum atomic E-state index is -3.64. The van der Waals surface area contributed by atoms with Gasteiger partial charge in [-0.05, 0) is 12.1 Å². The van der Waals surface area contributed by atoms with E-state index in [0.717, 1.165) is 11.3 Å². The maximum Gasteiger partial charge on any atom is 0.272 e. The number of anilines is 1. The molecule has 2 heterocycles. The van der Waals surface area contributed by atoms with Gasteiger partial charge in [0.15, 0.2) is 5.82 Å². The monoisotopic (exact) mass is 302 g/mol. The number of rotatable bonds is 4. The van der Waals surface area contributed by atoms with E-state index in [9.17, 15) is 8.42 Å². The van der Waals surface area contributed by atoms with Crippen molar-refractivity contribution in [2.75, 3.05) is 4.72 Å². The van der Waals surface area contributed by atoms with Gasteiger partial charge in [0.1, 0.15) is 9.20 Å². The molecule has 2 rings (SSSR count). The average Bonchev–Trinajstić information content (AvgIpc) is 2.86. The quantitative estimate of drug-likeness (QED) is 0.820. The summed E-state index contributed by atoms with van der Waals surface area (Å²) in [6.07, 6.45) is 1.65. The van der Waals surface area contributed by atoms with Gasteiger partial charge in [-0.2, -0.15) is 5.10 Å². The first-order valence-corrected chi connectivity index (χ1v) is 7.51. The molecule has 0 aliphatic heterocycles. The number of sulfonamides is 1. The lowest BCUT2D eigenvalue weighted by molar-refractivity contribution is 0.603. The third kappa shape index (κ3) is 2.68. The lowest BCUT2D eigenvalue weighted by Gasteiger charge is -2.01. The SMILES string of the molecule is Cn1ccc(NS(=O)(=O)c2ccc(C(N)=S)s2)n1. The van der Waals surface area contributed by atoms with Crippen molar-refractivity contribution >= 4 is 44.4 Å². The van der Waals surface area contributed by atoms with Gasteiger partial charge in [0.05, 0.1) is 4.88 Å². The highest BCUT2D eigenvalue weighted by Crippen LogP contribution is 2.23. The molecule has 0 bridgehead atoms. The first kappa shape index (κ1) is 13.0. The molecule has 3 N–H and O–H groups in total. The van der Waals surface area contributed by atoms with Gasteiger partial charge in [0.25, 0.3) is 10.0 Å². The van der Waals surface area contributed by atoms with Gasteiger partial charge in [0, 0.05) is 19.3 Å². The lowest BCUT2D eigenvalue weighted by atomic mass is 10.5. The van der Waals surface area contributed by atoms with Crippen LogP contribution in [-0.4, -0.2) is 23.2 Å². The van der Waals surface area contributed by atoms with E-state index >= 15 is 0 Å². The fraction of sp³-hybridized carbons (Fsp3) is 0.111. The Kier molecular flexibility index (Phi) is 3.37. The van der Waals surface area contributed by atoms with Crippen molar-refractivity contribution in [2.24, 2.45) is 12.8 Å². The number of aromatic nitrogens is 2. The Morgan fingerprint density at radius 3 is 2.72 bits per heavy atom. The minimum Gasteiger partial charge on any atom is -0.389 e. The predicted molar refractivity (Wildman–Crippen MR) is 74.2 cm³/mol. The number of nitrogens with two attached hydrogens (primary N) is 1. The van der Waals surface area contributed by atoms with Crippen LogP contribution in [0.5, 0.6) is 0 Å². The summed E-state index contributed by atoms with van der Waals surface area (Å²) >= 11 is 5.81. The fourth-order valence-corrected chi connectivity index (χ4v) is 3.60. The molecule has 0 aliphatic rings. The summed E-state index contributed by atoms with van der Waals surface area (Å²) in [7, 11) is -1.93. The smallest absolute Gasteiger partial charge is 0.272 e. The lowest BCUT2D eigenvalue weighted by Crippen LogP contribution is -2.12. The first-order chi connectivity index (χ1) is 8.38. The summed E-state index contributed by atoms with van der Waals surface area (Å²) in [6.45, 7) is 0. The summed E-state index contributed by atoms with van der Waals surface area (Å²) in [5.74, 6) is 0.266. The number of nitrogens with zero attached hydrogens (tertiary/aromatic N) is 2. The number of aryl methyl sites for hydroxylation is 1. The zero-order chi connectivity index (χ0) is 13.3. The summed E-state index contributed by atoms with van der Waals surface area (Å²) < 4.78 is 28.1. The third-order valence-corrected chi connectivity index (χ3v) is 5.36. The Labute approximate surface area is 113 Å². The molecule has 9 heteroatoms. The molecule has 0 spiro atoms. The zero-order valence-corrected chi connectivity index (χ0v) is 11.8. The second-order valence-corrected chi connectivity index (χ2v) is 6.90. The highest BCUT2D eigenvalue weighted by Gasteiger charge is 2.18. The molecule has 18 heavy (non-hydrogen) atoms. The van der Waals surface area contributed by atoms with Crippen molar-refractivity contribution in [3.8, 4) is 0 Å². The molecule has 0 saturated carbocycles. The van der Waals surface area contributed by atoms with Crippen LogP contribution in [0.15, 0.2) is 28.6 Å². The van der Waals surface area contributed by atoms with E-state index < -0.39 is 10.0 Å². The maximum absolute atomic E-state index is 12.0. The van der Waals surface area contributed by atoms with E-state index in [1.807, 2.05) is 0 Å². The third-order valence-electron chi connectivity index (χ3n) is 2.04. The molecule has 0 saturated heterocycles. The summed E-state index contributed by atoms with van der Waals surface area (Å²) in [5.41, 5.74) is 5.44. The summed E-state index contributed by atoms with van der Waals surface area (Å²) in [6, 6.07) is 4.62. The van der Waals surface area contributed by atoms with Crippen molar-refractivity contribution in [3.63, 3.8) is 0 Å². The molecule has 0 unspecified atom stereocenters. The molecule has 0 aliphatic carbocycles. The van der Waals surface area contributed by atoms with Crippen LogP contribution in [0.1, 0.15) is 4.88 Å². The molecule has 2 aromatic rings. The van der Waals surface area contributed by atoms with Gasteiger partial charge in [-0.1, -0.05) is 12.2 Å². The zero-order valence-electron chi connectivity index (χ0n) is 9.32. The number of thiophene rings is 1. The largest absolute Gasteiger partial charge is 0.389 e. The van der Waals surface area contributed by atoms with Crippen molar-refractivity contribution in [2.45, 2.75) is 4.21 Å². The molecular formula is C9H10N4O2S3. The Bertz CT molecular complexity index is 686. The Balaban J connectivity index is 2.27. The Morgan fingerprint density at radius 1 is 1.50 bits per heavy atom. The Morgan fingerprint density at radius 2 is 2.22 bits per heavy atom. The number of hydrogen-bond donors (Lipinski definition) is 2. The van der Waals surface area contributed by atoms with Gasteiger partial charge in [-0.3, -0.25) is 9.40 Å². The van der Waals surface area contributed by atoms with Gasteiger partial charge >= 0.3 is 0 Å². The molecule has 0 amide bonds. The van der Waals surface area contributed by atoms with E-state index in [1.165, 1.54) is 10.7 Å². The normalized spacial score (nSPS) is 11.4. The molecule has 0 fully saturated rings. The second kappa shape index (κ2) is 4.67.